The van der Waals surface area contributed by atoms with Crippen LogP contribution in [0, 0.1) is 0 Å². The van der Waals surface area contributed by atoms with E-state index < -0.39 is 0 Å². The smallest absolute Gasteiger partial charge is 0.157 e. The zero-order chi connectivity index (χ0) is 23.7. The predicted octanol–water partition coefficient (Wildman–Crippen LogP) is 8.38. The lowest BCUT2D eigenvalue weighted by Crippen LogP contribution is -2.31. The van der Waals surface area contributed by atoms with Crippen LogP contribution in [0.3, 0.4) is 0 Å². The maximum atomic E-state index is 5.87. The van der Waals surface area contributed by atoms with Crippen LogP contribution in [0.5, 0.6) is 0 Å². The van der Waals surface area contributed by atoms with Crippen LogP contribution < -0.4 is 0 Å². The van der Waals surface area contributed by atoms with E-state index in [-0.39, 0.29) is 12.4 Å². The average molecular weight is 469 g/mol. The van der Waals surface area contributed by atoms with E-state index in [9.17, 15) is 0 Å². The van der Waals surface area contributed by atoms with Gasteiger partial charge in [-0.1, -0.05) is 109 Å². The Morgan fingerprint density at radius 3 is 1.88 bits per heavy atom. The van der Waals surface area contributed by atoms with E-state index in [4.69, 9.17) is 18.9 Å². The largest absolute Gasteiger partial charge is 0.379 e. The summed E-state index contributed by atoms with van der Waals surface area (Å²) in [6.07, 6.45) is 27.2. The van der Waals surface area contributed by atoms with E-state index in [2.05, 4.69) is 13.5 Å². The third kappa shape index (κ3) is 20.7. The molecule has 0 saturated carbocycles. The molecule has 0 bridgehead atoms. The van der Waals surface area contributed by atoms with Gasteiger partial charge in [-0.05, 0) is 25.7 Å². The van der Waals surface area contributed by atoms with Crippen molar-refractivity contribution >= 4 is 0 Å². The van der Waals surface area contributed by atoms with Crippen molar-refractivity contribution in [3.63, 3.8) is 0 Å². The normalized spacial score (nSPS) is 17.3. The molecule has 0 spiro atoms. The van der Waals surface area contributed by atoms with Crippen molar-refractivity contribution in [2.24, 2.45) is 0 Å². The highest BCUT2D eigenvalue weighted by atomic mass is 16.7. The molecule has 196 valence electrons. The molecule has 1 rings (SSSR count). The second-order valence-electron chi connectivity index (χ2n) is 9.75. The molecule has 0 aromatic heterocycles. The first-order valence-electron chi connectivity index (χ1n) is 14.4. The summed E-state index contributed by atoms with van der Waals surface area (Å²) in [5.41, 5.74) is 0. The maximum Gasteiger partial charge on any atom is 0.157 e. The van der Waals surface area contributed by atoms with Crippen LogP contribution in [-0.4, -0.2) is 45.4 Å². The number of ether oxygens (including phenoxy) is 4. The van der Waals surface area contributed by atoms with Gasteiger partial charge in [0.15, 0.2) is 6.29 Å². The Hall–Kier alpha value is -0.420. The molecule has 0 amide bonds. The molecular weight excluding hydrogens is 412 g/mol. The van der Waals surface area contributed by atoms with E-state index in [1.54, 1.807) is 6.08 Å². The molecule has 1 aliphatic rings. The number of unbranched alkanes of at least 4 members (excludes halogenated alkanes) is 15. The third-order valence-corrected chi connectivity index (χ3v) is 6.50. The van der Waals surface area contributed by atoms with Crippen LogP contribution in [0.25, 0.3) is 0 Å². The number of rotatable bonds is 25. The molecule has 0 radical (unpaired) electrons. The van der Waals surface area contributed by atoms with Gasteiger partial charge >= 0.3 is 0 Å². The lowest BCUT2D eigenvalue weighted by atomic mass is 10.0. The second kappa shape index (κ2) is 24.7. The van der Waals surface area contributed by atoms with Crippen molar-refractivity contribution in [1.29, 1.82) is 0 Å². The van der Waals surface area contributed by atoms with Crippen LogP contribution >= 0.6 is 0 Å². The van der Waals surface area contributed by atoms with Gasteiger partial charge in [0.05, 0.1) is 19.8 Å². The highest BCUT2D eigenvalue weighted by Gasteiger charge is 2.17. The SMILES string of the molecule is C=CCO[C@H](COCCCCCCCCCCCCCCCCCC)COC1CCCCO1. The van der Waals surface area contributed by atoms with Gasteiger partial charge in [-0.15, -0.1) is 6.58 Å². The molecule has 0 N–H and O–H groups in total. The Morgan fingerprint density at radius 1 is 0.788 bits per heavy atom. The van der Waals surface area contributed by atoms with Crippen LogP contribution in [0.2, 0.25) is 0 Å². The van der Waals surface area contributed by atoms with Gasteiger partial charge in [0.25, 0.3) is 0 Å². The Kier molecular flexibility index (Phi) is 22.9. The lowest BCUT2D eigenvalue weighted by molar-refractivity contribution is -0.183. The molecule has 4 heteroatoms. The van der Waals surface area contributed by atoms with Crippen LogP contribution in [0.1, 0.15) is 129 Å². The van der Waals surface area contributed by atoms with E-state index in [0.29, 0.717) is 19.8 Å². The van der Waals surface area contributed by atoms with Crippen LogP contribution in [0.4, 0.5) is 0 Å². The standard InChI is InChI=1S/C29H56O4/c1-3-5-6-7-8-9-10-11-12-13-14-15-16-17-18-20-24-30-26-28(31-23-4-2)27-33-29-22-19-21-25-32-29/h4,28-29H,2-3,5-27H2,1H3/t28-,29?/m1/s1. The van der Waals surface area contributed by atoms with Crippen molar-refractivity contribution in [3.05, 3.63) is 12.7 Å². The van der Waals surface area contributed by atoms with Gasteiger partial charge < -0.3 is 18.9 Å². The third-order valence-electron chi connectivity index (χ3n) is 6.50. The first kappa shape index (κ1) is 30.6. The minimum Gasteiger partial charge on any atom is -0.379 e. The summed E-state index contributed by atoms with van der Waals surface area (Å²) in [4.78, 5) is 0. The molecule has 1 saturated heterocycles. The summed E-state index contributed by atoms with van der Waals surface area (Å²) >= 11 is 0. The molecule has 4 nitrogen and oxygen atoms in total. The first-order valence-corrected chi connectivity index (χ1v) is 14.4. The molecule has 1 aliphatic heterocycles. The second-order valence-corrected chi connectivity index (χ2v) is 9.75. The summed E-state index contributed by atoms with van der Waals surface area (Å²) in [6.45, 7) is 9.28. The van der Waals surface area contributed by atoms with Gasteiger partial charge in [0, 0.05) is 13.2 Å². The van der Waals surface area contributed by atoms with Gasteiger partial charge in [-0.2, -0.15) is 0 Å². The predicted molar refractivity (Wildman–Crippen MR) is 140 cm³/mol. The summed E-state index contributed by atoms with van der Waals surface area (Å²) in [5.74, 6) is 0. The highest BCUT2D eigenvalue weighted by Crippen LogP contribution is 2.15. The summed E-state index contributed by atoms with van der Waals surface area (Å²) < 4.78 is 23.2. The van der Waals surface area contributed by atoms with Gasteiger partial charge in [0.1, 0.15) is 6.10 Å². The molecule has 0 aliphatic carbocycles. The van der Waals surface area contributed by atoms with Gasteiger partial charge in [-0.3, -0.25) is 0 Å². The highest BCUT2D eigenvalue weighted by molar-refractivity contribution is 4.67. The topological polar surface area (TPSA) is 36.9 Å². The molecule has 2 atom stereocenters. The molecule has 1 unspecified atom stereocenters. The fourth-order valence-corrected chi connectivity index (χ4v) is 4.37. The zero-order valence-corrected chi connectivity index (χ0v) is 22.0. The summed E-state index contributed by atoms with van der Waals surface area (Å²) in [6, 6.07) is 0. The molecule has 0 aromatic rings. The number of hydrogen-bond acceptors (Lipinski definition) is 4. The van der Waals surface area contributed by atoms with Crippen molar-refractivity contribution in [2.75, 3.05) is 33.0 Å². The summed E-state index contributed by atoms with van der Waals surface area (Å²) in [7, 11) is 0. The Bertz CT molecular complexity index is 395. The van der Waals surface area contributed by atoms with E-state index >= 15 is 0 Å². The fourth-order valence-electron chi connectivity index (χ4n) is 4.37. The van der Waals surface area contributed by atoms with Crippen LogP contribution in [0.15, 0.2) is 12.7 Å². The Morgan fingerprint density at radius 2 is 1.36 bits per heavy atom. The van der Waals surface area contributed by atoms with Gasteiger partial charge in [0.2, 0.25) is 0 Å². The van der Waals surface area contributed by atoms with Crippen molar-refractivity contribution in [1.82, 2.24) is 0 Å². The first-order chi connectivity index (χ1) is 16.4. The van der Waals surface area contributed by atoms with Crippen molar-refractivity contribution < 1.29 is 18.9 Å². The number of hydrogen-bond donors (Lipinski definition) is 0. The van der Waals surface area contributed by atoms with Crippen LogP contribution in [-0.2, 0) is 18.9 Å². The van der Waals surface area contributed by atoms with Crippen molar-refractivity contribution in [3.8, 4) is 0 Å². The quantitative estimate of drug-likeness (QED) is 0.0995. The Balaban J connectivity index is 1.84. The van der Waals surface area contributed by atoms with E-state index in [1.807, 2.05) is 0 Å². The van der Waals surface area contributed by atoms with E-state index in [1.165, 1.54) is 103 Å². The minimum atomic E-state index is -0.0751. The van der Waals surface area contributed by atoms with Crippen molar-refractivity contribution in [2.45, 2.75) is 141 Å². The fraction of sp³-hybridized carbons (Fsp3) is 0.931. The molecule has 33 heavy (non-hydrogen) atoms. The summed E-state index contributed by atoms with van der Waals surface area (Å²) in [5, 5.41) is 0. The lowest BCUT2D eigenvalue weighted by Gasteiger charge is -2.25. The molecule has 0 aromatic carbocycles. The average Bonchev–Trinajstić information content (AvgIpc) is 2.85. The van der Waals surface area contributed by atoms with Gasteiger partial charge in [-0.25, -0.2) is 0 Å². The zero-order valence-electron chi connectivity index (χ0n) is 22.0. The monoisotopic (exact) mass is 468 g/mol. The molecule has 1 fully saturated rings. The Labute approximate surface area is 206 Å². The van der Waals surface area contributed by atoms with E-state index in [0.717, 1.165) is 32.5 Å². The molecular formula is C29H56O4. The maximum absolute atomic E-state index is 5.87. The molecule has 1 heterocycles. The minimum absolute atomic E-state index is 0.0467.